The van der Waals surface area contributed by atoms with Crippen molar-refractivity contribution in [2.75, 3.05) is 12.8 Å². The van der Waals surface area contributed by atoms with E-state index in [1.807, 2.05) is 36.4 Å². The highest BCUT2D eigenvalue weighted by Gasteiger charge is 2.28. The minimum atomic E-state index is -0.918. The topological polar surface area (TPSA) is 111 Å². The van der Waals surface area contributed by atoms with Gasteiger partial charge < -0.3 is 21.1 Å². The average Bonchev–Trinajstić information content (AvgIpc) is 2.85. The highest BCUT2D eigenvalue weighted by molar-refractivity contribution is 5.98. The SMILES string of the molecule is COC(=O)C(Cc1ccc(N)cc1)NC(=O)C(Cc1ccccc1)NC(=O)c1ccccc1.Cl. The molecule has 0 radical (unpaired) electrons. The normalized spacial score (nSPS) is 11.9. The van der Waals surface area contributed by atoms with Gasteiger partial charge in [0.2, 0.25) is 5.91 Å². The van der Waals surface area contributed by atoms with Crippen LogP contribution < -0.4 is 16.4 Å². The van der Waals surface area contributed by atoms with Crippen molar-refractivity contribution in [1.82, 2.24) is 10.6 Å². The smallest absolute Gasteiger partial charge is 0.328 e. The number of hydrogen-bond acceptors (Lipinski definition) is 5. The van der Waals surface area contributed by atoms with Crippen molar-refractivity contribution < 1.29 is 19.1 Å². The van der Waals surface area contributed by atoms with Crippen molar-refractivity contribution in [2.45, 2.75) is 24.9 Å². The van der Waals surface area contributed by atoms with E-state index >= 15 is 0 Å². The number of halogens is 1. The summed E-state index contributed by atoms with van der Waals surface area (Å²) in [5.41, 5.74) is 8.46. The molecule has 0 aliphatic rings. The molecule has 0 saturated carbocycles. The number of nitrogens with two attached hydrogens (primary N) is 1. The summed E-state index contributed by atoms with van der Waals surface area (Å²) in [6.07, 6.45) is 0.490. The van der Waals surface area contributed by atoms with Crippen LogP contribution in [0, 0.1) is 0 Å². The highest BCUT2D eigenvalue weighted by atomic mass is 35.5. The zero-order chi connectivity index (χ0) is 23.6. The molecule has 8 heteroatoms. The predicted octanol–water partition coefficient (Wildman–Crippen LogP) is 2.93. The second kappa shape index (κ2) is 13.0. The Balaban J connectivity index is 0.00000408. The third-order valence-corrected chi connectivity index (χ3v) is 5.16. The fraction of sp³-hybridized carbons (Fsp3) is 0.192. The van der Waals surface area contributed by atoms with E-state index in [-0.39, 0.29) is 31.2 Å². The summed E-state index contributed by atoms with van der Waals surface area (Å²) in [4.78, 5) is 38.4. The fourth-order valence-electron chi connectivity index (χ4n) is 3.39. The van der Waals surface area contributed by atoms with Gasteiger partial charge in [-0.1, -0.05) is 60.7 Å². The van der Waals surface area contributed by atoms with Crippen molar-refractivity contribution in [3.63, 3.8) is 0 Å². The van der Waals surface area contributed by atoms with Crippen LogP contribution in [0.1, 0.15) is 21.5 Å². The largest absolute Gasteiger partial charge is 0.467 e. The first kappa shape index (κ1) is 26.4. The number of nitrogen functional groups attached to an aromatic ring is 1. The monoisotopic (exact) mass is 481 g/mol. The molecule has 178 valence electrons. The van der Waals surface area contributed by atoms with Gasteiger partial charge in [0.1, 0.15) is 12.1 Å². The van der Waals surface area contributed by atoms with Crippen LogP contribution in [0.15, 0.2) is 84.9 Å². The second-order valence-electron chi connectivity index (χ2n) is 7.61. The molecular formula is C26H28ClN3O4. The van der Waals surface area contributed by atoms with Crippen molar-refractivity contribution in [3.8, 4) is 0 Å². The van der Waals surface area contributed by atoms with E-state index < -0.39 is 24.0 Å². The molecule has 2 atom stereocenters. The molecule has 7 nitrogen and oxygen atoms in total. The third kappa shape index (κ3) is 7.64. The Morgan fingerprint density at radius 2 is 1.29 bits per heavy atom. The number of hydrogen-bond donors (Lipinski definition) is 3. The van der Waals surface area contributed by atoms with Crippen LogP contribution in [0.4, 0.5) is 5.69 Å². The van der Waals surface area contributed by atoms with Gasteiger partial charge in [0.15, 0.2) is 0 Å². The lowest BCUT2D eigenvalue weighted by molar-refractivity contribution is -0.145. The Morgan fingerprint density at radius 1 is 0.765 bits per heavy atom. The van der Waals surface area contributed by atoms with E-state index in [9.17, 15) is 14.4 Å². The van der Waals surface area contributed by atoms with Crippen molar-refractivity contribution in [1.29, 1.82) is 0 Å². The molecule has 0 aromatic heterocycles. The molecule has 0 aliphatic heterocycles. The average molecular weight is 482 g/mol. The standard InChI is InChI=1S/C26H27N3O4.ClH/c1-33-26(32)23(17-19-12-14-21(27)15-13-19)29-25(31)22(16-18-8-4-2-5-9-18)28-24(30)20-10-6-3-7-11-20;/h2-15,22-23H,16-17,27H2,1H3,(H,28,30)(H,29,31);1H. The molecule has 0 aliphatic carbocycles. The number of rotatable bonds is 9. The summed E-state index contributed by atoms with van der Waals surface area (Å²) in [7, 11) is 1.27. The van der Waals surface area contributed by atoms with E-state index in [1.54, 1.807) is 48.5 Å². The van der Waals surface area contributed by atoms with Gasteiger partial charge in [0, 0.05) is 24.1 Å². The zero-order valence-corrected chi connectivity index (χ0v) is 19.6. The Morgan fingerprint density at radius 3 is 1.88 bits per heavy atom. The molecule has 2 unspecified atom stereocenters. The lowest BCUT2D eigenvalue weighted by Crippen LogP contribution is -2.53. The summed E-state index contributed by atoms with van der Waals surface area (Å²) in [5, 5.41) is 5.54. The predicted molar refractivity (Wildman–Crippen MR) is 134 cm³/mol. The molecule has 2 amide bonds. The van der Waals surface area contributed by atoms with Gasteiger partial charge >= 0.3 is 5.97 Å². The molecule has 4 N–H and O–H groups in total. The second-order valence-corrected chi connectivity index (χ2v) is 7.61. The maximum Gasteiger partial charge on any atom is 0.328 e. The van der Waals surface area contributed by atoms with Crippen LogP contribution >= 0.6 is 12.4 Å². The number of nitrogens with one attached hydrogen (secondary N) is 2. The summed E-state index contributed by atoms with van der Waals surface area (Å²) in [5.74, 6) is -1.43. The van der Waals surface area contributed by atoms with E-state index in [0.717, 1.165) is 11.1 Å². The molecule has 0 heterocycles. The number of esters is 1. The number of methoxy groups -OCH3 is 1. The van der Waals surface area contributed by atoms with Crippen molar-refractivity contribution in [3.05, 3.63) is 102 Å². The fourth-order valence-corrected chi connectivity index (χ4v) is 3.39. The number of benzene rings is 3. The van der Waals surface area contributed by atoms with Crippen LogP contribution in [0.25, 0.3) is 0 Å². The Kier molecular flexibility index (Phi) is 10.1. The Labute approximate surface area is 205 Å². The molecule has 0 spiro atoms. The van der Waals surface area contributed by atoms with Gasteiger partial charge in [-0.15, -0.1) is 12.4 Å². The highest BCUT2D eigenvalue weighted by Crippen LogP contribution is 2.11. The molecule has 0 saturated heterocycles. The molecule has 3 aromatic rings. The van der Waals surface area contributed by atoms with Crippen LogP contribution in [0.5, 0.6) is 0 Å². The number of amides is 2. The molecular weight excluding hydrogens is 454 g/mol. The first-order valence-electron chi connectivity index (χ1n) is 10.6. The third-order valence-electron chi connectivity index (χ3n) is 5.16. The molecule has 3 aromatic carbocycles. The lowest BCUT2D eigenvalue weighted by Gasteiger charge is -2.22. The van der Waals surface area contributed by atoms with Crippen molar-refractivity contribution >= 4 is 35.9 Å². The first-order valence-corrected chi connectivity index (χ1v) is 10.6. The summed E-state index contributed by atoms with van der Waals surface area (Å²) in [6.45, 7) is 0. The van der Waals surface area contributed by atoms with Gasteiger partial charge in [-0.25, -0.2) is 4.79 Å². The van der Waals surface area contributed by atoms with Gasteiger partial charge in [-0.05, 0) is 35.4 Å². The quantitative estimate of drug-likeness (QED) is 0.321. The van der Waals surface area contributed by atoms with Crippen LogP contribution in [0.3, 0.4) is 0 Å². The Bertz CT molecular complexity index is 1080. The lowest BCUT2D eigenvalue weighted by atomic mass is 10.0. The first-order chi connectivity index (χ1) is 16.0. The van der Waals surface area contributed by atoms with E-state index in [0.29, 0.717) is 11.3 Å². The number of anilines is 1. The van der Waals surface area contributed by atoms with Gasteiger partial charge in [0.05, 0.1) is 7.11 Å². The maximum atomic E-state index is 13.2. The van der Waals surface area contributed by atoms with E-state index in [2.05, 4.69) is 10.6 Å². The van der Waals surface area contributed by atoms with Crippen LogP contribution in [-0.2, 0) is 27.2 Å². The molecule has 34 heavy (non-hydrogen) atoms. The minimum Gasteiger partial charge on any atom is -0.467 e. The van der Waals surface area contributed by atoms with Crippen LogP contribution in [-0.4, -0.2) is 37.0 Å². The molecule has 0 fully saturated rings. The summed E-state index contributed by atoms with van der Waals surface area (Å²) in [6, 6.07) is 23.2. The summed E-state index contributed by atoms with van der Waals surface area (Å²) < 4.78 is 4.89. The number of carbonyl (C=O) groups excluding carboxylic acids is 3. The Hall–Kier alpha value is -3.84. The molecule has 0 bridgehead atoms. The summed E-state index contributed by atoms with van der Waals surface area (Å²) >= 11 is 0. The molecule has 3 rings (SSSR count). The van der Waals surface area contributed by atoms with Crippen molar-refractivity contribution in [2.24, 2.45) is 0 Å². The number of carbonyl (C=O) groups is 3. The van der Waals surface area contributed by atoms with Gasteiger partial charge in [-0.2, -0.15) is 0 Å². The van der Waals surface area contributed by atoms with E-state index in [4.69, 9.17) is 10.5 Å². The van der Waals surface area contributed by atoms with Gasteiger partial charge in [-0.3, -0.25) is 9.59 Å². The van der Waals surface area contributed by atoms with Gasteiger partial charge in [0.25, 0.3) is 5.91 Å². The zero-order valence-electron chi connectivity index (χ0n) is 18.8. The van der Waals surface area contributed by atoms with E-state index in [1.165, 1.54) is 7.11 Å². The number of ether oxygens (including phenoxy) is 1. The minimum absolute atomic E-state index is 0. The maximum absolute atomic E-state index is 13.2. The van der Waals surface area contributed by atoms with Crippen LogP contribution in [0.2, 0.25) is 0 Å².